The highest BCUT2D eigenvalue weighted by molar-refractivity contribution is 6.34. The molecule has 0 saturated carbocycles. The van der Waals surface area contributed by atoms with Crippen molar-refractivity contribution in [1.29, 1.82) is 0 Å². The molecule has 5 nitrogen and oxygen atoms in total. The lowest BCUT2D eigenvalue weighted by atomic mass is 9.71. The van der Waals surface area contributed by atoms with Gasteiger partial charge in [0.1, 0.15) is 0 Å². The Bertz CT molecular complexity index is 496. The summed E-state index contributed by atoms with van der Waals surface area (Å²) in [6.45, 7) is 10.7. The summed E-state index contributed by atoms with van der Waals surface area (Å²) < 4.78 is 0. The summed E-state index contributed by atoms with van der Waals surface area (Å²) in [7, 11) is 0. The second-order valence-electron chi connectivity index (χ2n) is 7.78. The van der Waals surface area contributed by atoms with Gasteiger partial charge >= 0.3 is 11.8 Å². The van der Waals surface area contributed by atoms with Gasteiger partial charge in [0.2, 0.25) is 0 Å². The van der Waals surface area contributed by atoms with E-state index in [1.807, 2.05) is 0 Å². The van der Waals surface area contributed by atoms with E-state index in [1.165, 1.54) is 19.3 Å². The molecule has 2 rings (SSSR count). The maximum atomic E-state index is 11.2. The van der Waals surface area contributed by atoms with Crippen LogP contribution in [-0.2, 0) is 9.59 Å². The van der Waals surface area contributed by atoms with E-state index in [0.717, 1.165) is 32.5 Å². The number of nitrogens with two attached hydrogens (primary N) is 1. The quantitative estimate of drug-likeness (QED) is 0.599. The molecule has 0 spiro atoms. The van der Waals surface area contributed by atoms with Crippen LogP contribution >= 0.6 is 0 Å². The Morgan fingerprint density at radius 3 is 2.78 bits per heavy atom. The number of amides is 2. The van der Waals surface area contributed by atoms with Crippen LogP contribution in [0.1, 0.15) is 52.9 Å². The van der Waals surface area contributed by atoms with Crippen LogP contribution in [0.3, 0.4) is 0 Å². The molecule has 23 heavy (non-hydrogen) atoms. The highest BCUT2D eigenvalue weighted by atomic mass is 16.2. The topological polar surface area (TPSA) is 75.4 Å². The molecule has 2 amide bonds. The number of likely N-dealkylation sites (tertiary alicyclic amines) is 1. The van der Waals surface area contributed by atoms with E-state index in [0.29, 0.717) is 17.9 Å². The third-order valence-corrected chi connectivity index (χ3v) is 5.51. The molecule has 5 heteroatoms. The molecule has 3 N–H and O–H groups in total. The van der Waals surface area contributed by atoms with Gasteiger partial charge in [0.25, 0.3) is 0 Å². The van der Waals surface area contributed by atoms with Crippen molar-refractivity contribution < 1.29 is 9.59 Å². The zero-order chi connectivity index (χ0) is 17.0. The Kier molecular flexibility index (Phi) is 5.84. The lowest BCUT2D eigenvalue weighted by Crippen LogP contribution is -2.39. The van der Waals surface area contributed by atoms with Crippen LogP contribution in [-0.4, -0.2) is 42.9 Å². The monoisotopic (exact) mass is 321 g/mol. The normalized spacial score (nSPS) is 24.7. The van der Waals surface area contributed by atoms with Gasteiger partial charge in [-0.25, -0.2) is 0 Å². The number of carbonyl (C=O) groups excluding carboxylic acids is 2. The van der Waals surface area contributed by atoms with E-state index in [4.69, 9.17) is 5.73 Å². The minimum Gasteiger partial charge on any atom is -0.361 e. The molecule has 0 radical (unpaired) electrons. The minimum absolute atomic E-state index is 0.344. The molecule has 0 aromatic carbocycles. The first-order chi connectivity index (χ1) is 10.8. The Morgan fingerprint density at radius 1 is 1.39 bits per heavy atom. The summed E-state index contributed by atoms with van der Waals surface area (Å²) in [5, 5.41) is 2.62. The molecule has 2 aliphatic rings. The van der Waals surface area contributed by atoms with Crippen molar-refractivity contribution >= 4 is 11.8 Å². The zero-order valence-corrected chi connectivity index (χ0v) is 14.8. The van der Waals surface area contributed by atoms with Crippen LogP contribution in [0.5, 0.6) is 0 Å². The highest BCUT2D eigenvalue weighted by Crippen LogP contribution is 2.41. The van der Waals surface area contributed by atoms with Gasteiger partial charge in [-0.3, -0.25) is 9.59 Å². The Morgan fingerprint density at radius 2 is 2.13 bits per heavy atom. The van der Waals surface area contributed by atoms with Crippen LogP contribution in [0.4, 0.5) is 0 Å². The molecular formula is C18H31N3O2. The smallest absolute Gasteiger partial charge is 0.309 e. The second kappa shape index (κ2) is 7.47. The predicted molar refractivity (Wildman–Crippen MR) is 91.7 cm³/mol. The van der Waals surface area contributed by atoms with Gasteiger partial charge in [-0.1, -0.05) is 25.0 Å². The molecular weight excluding hydrogens is 290 g/mol. The maximum absolute atomic E-state index is 11.2. The van der Waals surface area contributed by atoms with E-state index in [1.54, 1.807) is 11.1 Å². The fraction of sp³-hybridized carbons (Fsp3) is 0.778. The summed E-state index contributed by atoms with van der Waals surface area (Å²) in [5.74, 6) is -1.15. The molecule has 0 aromatic rings. The van der Waals surface area contributed by atoms with E-state index in [2.05, 4.69) is 31.0 Å². The Hall–Kier alpha value is -1.36. The molecule has 1 saturated heterocycles. The van der Waals surface area contributed by atoms with Crippen molar-refractivity contribution in [2.24, 2.45) is 17.1 Å². The number of primary amides is 1. The first-order valence-electron chi connectivity index (χ1n) is 8.78. The van der Waals surface area contributed by atoms with Gasteiger partial charge < -0.3 is 16.0 Å². The van der Waals surface area contributed by atoms with Crippen LogP contribution in [0.15, 0.2) is 11.1 Å². The fourth-order valence-corrected chi connectivity index (χ4v) is 4.10. The average molecular weight is 321 g/mol. The summed E-state index contributed by atoms with van der Waals surface area (Å²) >= 11 is 0. The van der Waals surface area contributed by atoms with Crippen molar-refractivity contribution in [2.75, 3.05) is 26.2 Å². The van der Waals surface area contributed by atoms with E-state index in [9.17, 15) is 9.59 Å². The Balaban J connectivity index is 1.78. The van der Waals surface area contributed by atoms with Crippen molar-refractivity contribution in [3.63, 3.8) is 0 Å². The van der Waals surface area contributed by atoms with E-state index >= 15 is 0 Å². The van der Waals surface area contributed by atoms with Crippen LogP contribution in [0, 0.1) is 11.3 Å². The summed E-state index contributed by atoms with van der Waals surface area (Å²) in [4.78, 5) is 24.4. The van der Waals surface area contributed by atoms with Crippen molar-refractivity contribution in [3.8, 4) is 0 Å². The third-order valence-electron chi connectivity index (χ3n) is 5.51. The molecule has 1 fully saturated rings. The van der Waals surface area contributed by atoms with E-state index < -0.39 is 11.8 Å². The molecule has 0 aromatic heterocycles. The van der Waals surface area contributed by atoms with Gasteiger partial charge in [0.05, 0.1) is 0 Å². The van der Waals surface area contributed by atoms with Crippen molar-refractivity contribution in [3.05, 3.63) is 11.1 Å². The fourth-order valence-electron chi connectivity index (χ4n) is 4.10. The lowest BCUT2D eigenvalue weighted by Gasteiger charge is -2.35. The molecule has 1 atom stereocenters. The van der Waals surface area contributed by atoms with Gasteiger partial charge in [0.15, 0.2) is 0 Å². The molecule has 0 unspecified atom stereocenters. The second-order valence-corrected chi connectivity index (χ2v) is 7.78. The van der Waals surface area contributed by atoms with E-state index in [-0.39, 0.29) is 0 Å². The maximum Gasteiger partial charge on any atom is 0.309 e. The van der Waals surface area contributed by atoms with Crippen LogP contribution in [0.2, 0.25) is 0 Å². The summed E-state index contributed by atoms with van der Waals surface area (Å²) in [6.07, 6.45) is 6.08. The molecule has 1 heterocycles. The summed E-state index contributed by atoms with van der Waals surface area (Å²) in [6, 6.07) is 0. The summed E-state index contributed by atoms with van der Waals surface area (Å²) in [5.41, 5.74) is 8.53. The zero-order valence-electron chi connectivity index (χ0n) is 14.8. The molecule has 0 bridgehead atoms. The molecule has 1 aliphatic carbocycles. The average Bonchev–Trinajstić information content (AvgIpc) is 2.91. The minimum atomic E-state index is -0.901. The highest BCUT2D eigenvalue weighted by Gasteiger charge is 2.29. The number of hydrogen-bond donors (Lipinski definition) is 2. The van der Waals surface area contributed by atoms with Gasteiger partial charge in [-0.15, -0.1) is 0 Å². The first kappa shape index (κ1) is 18.0. The van der Waals surface area contributed by atoms with Gasteiger partial charge in [-0.2, -0.15) is 0 Å². The van der Waals surface area contributed by atoms with Gasteiger partial charge in [0, 0.05) is 19.6 Å². The van der Waals surface area contributed by atoms with Crippen LogP contribution < -0.4 is 11.1 Å². The molecule has 1 aliphatic heterocycles. The standard InChI is InChI=1S/C18H31N3O2/c1-13-5-4-8-18(2,3)15(13)7-10-21-9-6-14(12-21)11-20-17(23)16(19)22/h14H,4-12H2,1-3H3,(H2,19,22)(H,20,23)/t14-/m1/s1. The number of carbonyl (C=O) groups is 2. The third kappa shape index (κ3) is 4.80. The number of nitrogens with one attached hydrogen (secondary N) is 1. The van der Waals surface area contributed by atoms with Gasteiger partial charge in [-0.05, 0) is 56.9 Å². The van der Waals surface area contributed by atoms with Crippen molar-refractivity contribution in [1.82, 2.24) is 10.2 Å². The number of hydrogen-bond acceptors (Lipinski definition) is 3. The molecule has 130 valence electrons. The SMILES string of the molecule is CC1=C(CCN2CC[C@H](CNC(=O)C(N)=O)C2)C(C)(C)CCC1. The Labute approximate surface area is 139 Å². The number of rotatable bonds is 5. The first-order valence-corrected chi connectivity index (χ1v) is 8.78. The van der Waals surface area contributed by atoms with Crippen LogP contribution in [0.25, 0.3) is 0 Å². The predicted octanol–water partition coefficient (Wildman–Crippen LogP) is 1.83. The lowest BCUT2D eigenvalue weighted by molar-refractivity contribution is -0.137. The number of nitrogens with zero attached hydrogens (tertiary/aromatic N) is 1. The largest absolute Gasteiger partial charge is 0.361 e. The van der Waals surface area contributed by atoms with Crippen molar-refractivity contribution in [2.45, 2.75) is 52.9 Å². The number of allylic oxidation sites excluding steroid dienone is 1.